The number of amides is 1. The Hall–Kier alpha value is -0.880. The van der Waals surface area contributed by atoms with Gasteiger partial charge in [0.15, 0.2) is 0 Å². The van der Waals surface area contributed by atoms with Gasteiger partial charge in [-0.25, -0.2) is 0 Å². The Balaban J connectivity index is 2.63. The third kappa shape index (κ3) is 4.06. The maximum atomic E-state index is 12.3. The van der Waals surface area contributed by atoms with Crippen molar-refractivity contribution in [3.05, 3.63) is 23.3 Å². The van der Waals surface area contributed by atoms with Crippen molar-refractivity contribution < 1.29 is 9.53 Å². The van der Waals surface area contributed by atoms with Crippen LogP contribution in [0.4, 0.5) is 0 Å². The highest BCUT2D eigenvalue weighted by Gasteiger charge is 2.41. The fraction of sp³-hybridized carbons (Fsp3) is 0.643. The van der Waals surface area contributed by atoms with E-state index in [4.69, 9.17) is 22.1 Å². The summed E-state index contributed by atoms with van der Waals surface area (Å²) < 4.78 is 5.26. The fourth-order valence-electron chi connectivity index (χ4n) is 2.19. The van der Waals surface area contributed by atoms with Gasteiger partial charge in [-0.1, -0.05) is 31.5 Å². The molecule has 0 heterocycles. The molecule has 0 fully saturated rings. The molecule has 2 atom stereocenters. The first-order valence-electron chi connectivity index (χ1n) is 6.86. The van der Waals surface area contributed by atoms with Crippen LogP contribution in [-0.4, -0.2) is 55.7 Å². The van der Waals surface area contributed by atoms with Gasteiger partial charge in [-0.2, -0.15) is 0 Å². The molecule has 0 radical (unpaired) electrons. The van der Waals surface area contributed by atoms with Gasteiger partial charge in [0.1, 0.15) is 11.6 Å². The number of methoxy groups -OCH3 is 1. The van der Waals surface area contributed by atoms with Crippen LogP contribution < -0.4 is 11.1 Å². The van der Waals surface area contributed by atoms with Gasteiger partial charge >= 0.3 is 0 Å². The number of nitrogens with zero attached hydrogens (tertiary/aromatic N) is 1. The largest absolute Gasteiger partial charge is 0.375 e. The lowest BCUT2D eigenvalue weighted by Crippen LogP contribution is -2.61. The van der Waals surface area contributed by atoms with Crippen LogP contribution in [-0.2, 0) is 9.53 Å². The molecule has 0 aromatic heterocycles. The number of carbonyl (C=O) groups excluding carboxylic acids is 1. The lowest BCUT2D eigenvalue weighted by Gasteiger charge is -2.33. The monoisotopic (exact) mass is 301 g/mol. The predicted octanol–water partition coefficient (Wildman–Crippen LogP) is 0.849. The number of carbonyl (C=O) groups is 1. The number of hydrogen-bond donors (Lipinski definition) is 2. The average Bonchev–Trinajstić information content (AvgIpc) is 2.43. The van der Waals surface area contributed by atoms with Crippen molar-refractivity contribution in [3.63, 3.8) is 0 Å². The summed E-state index contributed by atoms with van der Waals surface area (Å²) in [6.45, 7) is 7.42. The number of likely N-dealkylation sites (N-methyl/N-ethyl adjacent to an activating group) is 1. The summed E-state index contributed by atoms with van der Waals surface area (Å²) in [7, 11) is 1.52. The Kier molecular flexibility index (Phi) is 6.68. The molecule has 1 amide bonds. The van der Waals surface area contributed by atoms with E-state index in [-0.39, 0.29) is 5.91 Å². The lowest BCUT2D eigenvalue weighted by atomic mass is 9.88. The molecule has 20 heavy (non-hydrogen) atoms. The molecule has 0 spiro atoms. The number of nitrogens with one attached hydrogen (secondary N) is 1. The normalized spacial score (nSPS) is 25.7. The number of halogens is 1. The molecule has 5 nitrogen and oxygen atoms in total. The van der Waals surface area contributed by atoms with Crippen molar-refractivity contribution in [3.8, 4) is 0 Å². The van der Waals surface area contributed by atoms with E-state index in [0.717, 1.165) is 19.6 Å². The molecule has 1 aliphatic rings. The maximum Gasteiger partial charge on any atom is 0.247 e. The summed E-state index contributed by atoms with van der Waals surface area (Å²) in [5.74, 6) is -0.279. The van der Waals surface area contributed by atoms with Gasteiger partial charge in [0.2, 0.25) is 5.91 Å². The highest BCUT2D eigenvalue weighted by Crippen LogP contribution is 2.24. The highest BCUT2D eigenvalue weighted by molar-refractivity contribution is 6.31. The minimum absolute atomic E-state index is 0.279. The van der Waals surface area contributed by atoms with E-state index in [0.29, 0.717) is 11.6 Å². The fourth-order valence-corrected chi connectivity index (χ4v) is 2.44. The van der Waals surface area contributed by atoms with Gasteiger partial charge in [0.25, 0.3) is 0 Å². The summed E-state index contributed by atoms with van der Waals surface area (Å²) in [4.78, 5) is 14.5. The van der Waals surface area contributed by atoms with Gasteiger partial charge in [0.05, 0.1) is 0 Å². The molecule has 0 aromatic rings. The molecule has 0 aromatic carbocycles. The minimum Gasteiger partial charge on any atom is -0.375 e. The van der Waals surface area contributed by atoms with Crippen LogP contribution in [0.1, 0.15) is 13.8 Å². The van der Waals surface area contributed by atoms with Gasteiger partial charge < -0.3 is 20.7 Å². The standard InChI is InChI=1S/C14H24ClN3O2/c1-4-18(5-2)9-8-17-13(19)14(16)10-11(15)6-7-12(14)20-3/h6-7,10,12H,4-5,8-9,16H2,1-3H3,(H,17,19). The molecule has 1 rings (SSSR count). The molecule has 114 valence electrons. The molecular weight excluding hydrogens is 278 g/mol. The van der Waals surface area contributed by atoms with Crippen molar-refractivity contribution in [2.75, 3.05) is 33.3 Å². The summed E-state index contributed by atoms with van der Waals surface area (Å²) in [5.41, 5.74) is 4.91. The second-order valence-corrected chi connectivity index (χ2v) is 5.20. The molecule has 1 aliphatic carbocycles. The van der Waals surface area contributed by atoms with Crippen LogP contribution in [0.25, 0.3) is 0 Å². The Morgan fingerprint density at radius 1 is 1.55 bits per heavy atom. The number of ether oxygens (including phenoxy) is 1. The smallest absolute Gasteiger partial charge is 0.247 e. The first-order valence-corrected chi connectivity index (χ1v) is 7.24. The first kappa shape index (κ1) is 17.2. The number of nitrogens with two attached hydrogens (primary N) is 1. The van der Waals surface area contributed by atoms with Crippen molar-refractivity contribution in [1.82, 2.24) is 10.2 Å². The molecule has 6 heteroatoms. The van der Waals surface area contributed by atoms with E-state index in [2.05, 4.69) is 24.1 Å². The second-order valence-electron chi connectivity index (χ2n) is 4.76. The van der Waals surface area contributed by atoms with Gasteiger partial charge in [-0.05, 0) is 25.2 Å². The van der Waals surface area contributed by atoms with Gasteiger partial charge in [-0.15, -0.1) is 0 Å². The molecular formula is C14H24ClN3O2. The quantitative estimate of drug-likeness (QED) is 0.731. The van der Waals surface area contributed by atoms with Gasteiger partial charge in [-0.3, -0.25) is 4.79 Å². The maximum absolute atomic E-state index is 12.3. The number of allylic oxidation sites excluding steroid dienone is 2. The SMILES string of the molecule is CCN(CC)CCNC(=O)C1(N)C=C(Cl)C=CC1OC. The Labute approximate surface area is 125 Å². The highest BCUT2D eigenvalue weighted by atomic mass is 35.5. The van der Waals surface area contributed by atoms with E-state index >= 15 is 0 Å². The Morgan fingerprint density at radius 2 is 2.20 bits per heavy atom. The van der Waals surface area contributed by atoms with Crippen LogP contribution in [0.5, 0.6) is 0 Å². The zero-order chi connectivity index (χ0) is 15.2. The lowest BCUT2D eigenvalue weighted by molar-refractivity contribution is -0.128. The van der Waals surface area contributed by atoms with Crippen molar-refractivity contribution in [2.24, 2.45) is 5.73 Å². The van der Waals surface area contributed by atoms with Crippen LogP contribution in [0.3, 0.4) is 0 Å². The van der Waals surface area contributed by atoms with Crippen LogP contribution in [0.2, 0.25) is 0 Å². The van der Waals surface area contributed by atoms with Crippen molar-refractivity contribution >= 4 is 17.5 Å². The molecule has 2 unspecified atom stereocenters. The number of hydrogen-bond acceptors (Lipinski definition) is 4. The topological polar surface area (TPSA) is 67.6 Å². The molecule has 0 bridgehead atoms. The average molecular weight is 302 g/mol. The van der Waals surface area contributed by atoms with E-state index in [9.17, 15) is 4.79 Å². The Morgan fingerprint density at radius 3 is 2.75 bits per heavy atom. The zero-order valence-electron chi connectivity index (χ0n) is 12.4. The predicted molar refractivity (Wildman–Crippen MR) is 81.6 cm³/mol. The van der Waals surface area contributed by atoms with Crippen LogP contribution in [0.15, 0.2) is 23.3 Å². The summed E-state index contributed by atoms with van der Waals surface area (Å²) in [6.07, 6.45) is 4.41. The number of rotatable bonds is 7. The van der Waals surface area contributed by atoms with Gasteiger partial charge in [0, 0.05) is 25.2 Å². The molecule has 0 saturated carbocycles. The van der Waals surface area contributed by atoms with E-state index in [1.54, 1.807) is 12.2 Å². The van der Waals surface area contributed by atoms with E-state index in [1.165, 1.54) is 13.2 Å². The second kappa shape index (κ2) is 7.78. The molecule has 3 N–H and O–H groups in total. The van der Waals surface area contributed by atoms with E-state index < -0.39 is 11.6 Å². The Bertz CT molecular complexity index is 394. The third-order valence-electron chi connectivity index (χ3n) is 3.53. The van der Waals surface area contributed by atoms with Crippen molar-refractivity contribution in [2.45, 2.75) is 25.5 Å². The summed E-state index contributed by atoms with van der Waals surface area (Å²) >= 11 is 5.95. The van der Waals surface area contributed by atoms with Crippen LogP contribution in [0, 0.1) is 0 Å². The minimum atomic E-state index is -1.26. The summed E-state index contributed by atoms with van der Waals surface area (Å²) in [6, 6.07) is 0. The first-order chi connectivity index (χ1) is 9.47. The van der Waals surface area contributed by atoms with Crippen molar-refractivity contribution in [1.29, 1.82) is 0 Å². The van der Waals surface area contributed by atoms with Crippen LogP contribution >= 0.6 is 11.6 Å². The molecule has 0 aliphatic heterocycles. The third-order valence-corrected chi connectivity index (χ3v) is 3.77. The zero-order valence-corrected chi connectivity index (χ0v) is 13.1. The van der Waals surface area contributed by atoms with E-state index in [1.807, 2.05) is 0 Å². The summed E-state index contributed by atoms with van der Waals surface area (Å²) in [5, 5.41) is 3.30. The molecule has 0 saturated heterocycles.